The Labute approximate surface area is 129 Å². The topological polar surface area (TPSA) is 90.7 Å². The normalized spacial score (nSPS) is 12.5. The van der Waals surface area contributed by atoms with Gasteiger partial charge in [0.25, 0.3) is 5.89 Å². The molecular weight excluding hydrogens is 306 g/mol. The lowest BCUT2D eigenvalue weighted by Gasteiger charge is -2.06. The van der Waals surface area contributed by atoms with Crippen LogP contribution in [0, 0.1) is 6.92 Å². The fourth-order valence-electron chi connectivity index (χ4n) is 1.72. The van der Waals surface area contributed by atoms with Crippen LogP contribution in [0.3, 0.4) is 0 Å². The minimum absolute atomic E-state index is 0.0487. The molecular formula is C13H13N5OS2. The summed E-state index contributed by atoms with van der Waals surface area (Å²) in [5.41, 5.74) is 6.56. The molecule has 1 unspecified atom stereocenters. The molecule has 3 aromatic heterocycles. The van der Waals surface area contributed by atoms with E-state index in [9.17, 15) is 0 Å². The van der Waals surface area contributed by atoms with Crippen molar-refractivity contribution in [2.24, 2.45) is 0 Å². The van der Waals surface area contributed by atoms with E-state index in [2.05, 4.69) is 20.2 Å². The van der Waals surface area contributed by atoms with Gasteiger partial charge in [0, 0.05) is 11.8 Å². The smallest absolute Gasteiger partial charge is 0.257 e. The Morgan fingerprint density at radius 3 is 2.90 bits per heavy atom. The van der Waals surface area contributed by atoms with E-state index >= 15 is 0 Å². The summed E-state index contributed by atoms with van der Waals surface area (Å²) >= 11 is 3.01. The van der Waals surface area contributed by atoms with Crippen LogP contribution in [0.4, 0.5) is 5.82 Å². The first-order chi connectivity index (χ1) is 10.1. The molecule has 8 heteroatoms. The number of nitrogen functional groups attached to an aromatic ring is 1. The summed E-state index contributed by atoms with van der Waals surface area (Å²) in [6.07, 6.45) is 0. The van der Waals surface area contributed by atoms with Crippen molar-refractivity contribution < 1.29 is 4.42 Å². The number of thiophene rings is 1. The number of nitrogens with two attached hydrogens (primary N) is 1. The SMILES string of the molecule is Cc1cc(N)nc(SC(C)c2nnc(-c3cccs3)o2)n1. The molecule has 0 saturated heterocycles. The van der Waals surface area contributed by atoms with Crippen molar-refractivity contribution in [2.45, 2.75) is 24.3 Å². The highest BCUT2D eigenvalue weighted by atomic mass is 32.2. The molecule has 0 spiro atoms. The molecule has 0 aliphatic carbocycles. The quantitative estimate of drug-likeness (QED) is 0.582. The van der Waals surface area contributed by atoms with Crippen LogP contribution in [0.15, 0.2) is 33.2 Å². The lowest BCUT2D eigenvalue weighted by molar-refractivity contribution is 0.510. The van der Waals surface area contributed by atoms with Gasteiger partial charge in [-0.05, 0) is 25.3 Å². The Balaban J connectivity index is 1.77. The maximum atomic E-state index is 5.73. The van der Waals surface area contributed by atoms with E-state index in [1.165, 1.54) is 11.8 Å². The van der Waals surface area contributed by atoms with Gasteiger partial charge in [-0.1, -0.05) is 17.8 Å². The third kappa shape index (κ3) is 3.22. The van der Waals surface area contributed by atoms with E-state index in [1.54, 1.807) is 17.4 Å². The number of thioether (sulfide) groups is 1. The van der Waals surface area contributed by atoms with Crippen molar-refractivity contribution >= 4 is 28.9 Å². The zero-order valence-electron chi connectivity index (χ0n) is 11.5. The number of anilines is 1. The Kier molecular flexibility index (Phi) is 3.89. The van der Waals surface area contributed by atoms with Gasteiger partial charge < -0.3 is 10.2 Å². The first-order valence-electron chi connectivity index (χ1n) is 6.27. The zero-order valence-corrected chi connectivity index (χ0v) is 13.1. The molecule has 1 atom stereocenters. The first kappa shape index (κ1) is 14.0. The van der Waals surface area contributed by atoms with Gasteiger partial charge >= 0.3 is 0 Å². The summed E-state index contributed by atoms with van der Waals surface area (Å²) < 4.78 is 5.70. The maximum Gasteiger partial charge on any atom is 0.257 e. The molecule has 0 fully saturated rings. The number of hydrogen-bond donors (Lipinski definition) is 1. The molecule has 21 heavy (non-hydrogen) atoms. The predicted octanol–water partition coefficient (Wildman–Crippen LogP) is 3.33. The number of rotatable bonds is 4. The zero-order chi connectivity index (χ0) is 14.8. The summed E-state index contributed by atoms with van der Waals surface area (Å²) in [6.45, 7) is 3.85. The maximum absolute atomic E-state index is 5.73. The van der Waals surface area contributed by atoms with Crippen LogP contribution in [0.2, 0.25) is 0 Å². The second-order valence-corrected chi connectivity index (χ2v) is 6.66. The van der Waals surface area contributed by atoms with Gasteiger partial charge in [-0.3, -0.25) is 0 Å². The lowest BCUT2D eigenvalue weighted by Crippen LogP contribution is -1.98. The van der Waals surface area contributed by atoms with E-state index in [-0.39, 0.29) is 5.25 Å². The van der Waals surface area contributed by atoms with E-state index in [0.29, 0.717) is 22.8 Å². The molecule has 0 saturated carbocycles. The highest BCUT2D eigenvalue weighted by Gasteiger charge is 2.18. The van der Waals surface area contributed by atoms with Crippen LogP contribution in [0.1, 0.15) is 23.8 Å². The Morgan fingerprint density at radius 2 is 2.19 bits per heavy atom. The van der Waals surface area contributed by atoms with E-state index in [4.69, 9.17) is 10.2 Å². The van der Waals surface area contributed by atoms with Crippen LogP contribution >= 0.6 is 23.1 Å². The summed E-state index contributed by atoms with van der Waals surface area (Å²) in [4.78, 5) is 9.50. The van der Waals surface area contributed by atoms with Crippen LogP contribution < -0.4 is 5.73 Å². The summed E-state index contributed by atoms with van der Waals surface area (Å²) in [5.74, 6) is 1.55. The minimum Gasteiger partial charge on any atom is -0.419 e. The molecule has 2 N–H and O–H groups in total. The molecule has 0 bridgehead atoms. The summed E-state index contributed by atoms with van der Waals surface area (Å²) in [5, 5.41) is 10.7. The molecule has 108 valence electrons. The highest BCUT2D eigenvalue weighted by molar-refractivity contribution is 7.99. The summed E-state index contributed by atoms with van der Waals surface area (Å²) in [6, 6.07) is 5.63. The number of hydrogen-bond acceptors (Lipinski definition) is 8. The predicted molar refractivity (Wildman–Crippen MR) is 83.1 cm³/mol. The summed E-state index contributed by atoms with van der Waals surface area (Å²) in [7, 11) is 0. The number of aryl methyl sites for hydroxylation is 1. The van der Waals surface area contributed by atoms with Gasteiger partial charge in [0.15, 0.2) is 5.16 Å². The largest absolute Gasteiger partial charge is 0.419 e. The minimum atomic E-state index is -0.0487. The van der Waals surface area contributed by atoms with Crippen molar-refractivity contribution in [3.8, 4) is 10.8 Å². The van der Waals surface area contributed by atoms with Crippen LogP contribution in [0.25, 0.3) is 10.8 Å². The molecule has 0 aliphatic rings. The standard InChI is InChI=1S/C13H13N5OS2/c1-7-6-10(14)16-13(15-7)21-8(2)11-17-18-12(19-11)9-4-3-5-20-9/h3-6,8H,1-2H3,(H2,14,15,16). The van der Waals surface area contributed by atoms with Gasteiger partial charge in [-0.25, -0.2) is 9.97 Å². The van der Waals surface area contributed by atoms with Crippen LogP contribution in [0.5, 0.6) is 0 Å². The van der Waals surface area contributed by atoms with E-state index < -0.39 is 0 Å². The van der Waals surface area contributed by atoms with Gasteiger partial charge in [0.1, 0.15) is 5.82 Å². The van der Waals surface area contributed by atoms with Gasteiger partial charge in [0.2, 0.25) is 5.89 Å². The van der Waals surface area contributed by atoms with Crippen molar-refractivity contribution in [1.29, 1.82) is 0 Å². The van der Waals surface area contributed by atoms with Crippen molar-refractivity contribution in [2.75, 3.05) is 5.73 Å². The fraction of sp³-hybridized carbons (Fsp3) is 0.231. The van der Waals surface area contributed by atoms with Crippen molar-refractivity contribution in [3.63, 3.8) is 0 Å². The van der Waals surface area contributed by atoms with E-state index in [1.807, 2.05) is 31.4 Å². The lowest BCUT2D eigenvalue weighted by atomic mass is 10.4. The Bertz CT molecular complexity index is 721. The molecule has 0 aliphatic heterocycles. The molecule has 6 nitrogen and oxygen atoms in total. The molecule has 0 amide bonds. The molecule has 3 rings (SSSR count). The van der Waals surface area contributed by atoms with Crippen molar-refractivity contribution in [3.05, 3.63) is 35.2 Å². The monoisotopic (exact) mass is 319 g/mol. The van der Waals surface area contributed by atoms with E-state index in [0.717, 1.165) is 10.6 Å². The molecule has 0 radical (unpaired) electrons. The Hall–Kier alpha value is -1.93. The fourth-order valence-corrected chi connectivity index (χ4v) is 3.24. The average Bonchev–Trinajstić information content (AvgIpc) is 3.09. The van der Waals surface area contributed by atoms with Crippen LogP contribution in [-0.4, -0.2) is 20.2 Å². The molecule has 0 aromatic carbocycles. The van der Waals surface area contributed by atoms with Crippen LogP contribution in [-0.2, 0) is 0 Å². The van der Waals surface area contributed by atoms with Gasteiger partial charge in [0.05, 0.1) is 10.1 Å². The molecule has 3 aromatic rings. The third-order valence-electron chi connectivity index (χ3n) is 2.66. The first-order valence-corrected chi connectivity index (χ1v) is 8.03. The third-order valence-corrected chi connectivity index (χ3v) is 4.46. The molecule has 3 heterocycles. The second-order valence-electron chi connectivity index (χ2n) is 4.40. The number of aromatic nitrogens is 4. The highest BCUT2D eigenvalue weighted by Crippen LogP contribution is 2.34. The van der Waals surface area contributed by atoms with Gasteiger partial charge in [-0.2, -0.15) is 0 Å². The average molecular weight is 319 g/mol. The number of nitrogens with zero attached hydrogens (tertiary/aromatic N) is 4. The Morgan fingerprint density at radius 1 is 1.33 bits per heavy atom. The second kappa shape index (κ2) is 5.82. The van der Waals surface area contributed by atoms with Gasteiger partial charge in [-0.15, -0.1) is 21.5 Å². The van der Waals surface area contributed by atoms with Crippen molar-refractivity contribution in [1.82, 2.24) is 20.2 Å².